The molecule has 5 heteroatoms. The SMILES string of the molecule is Cc1ccc(/C(=N/O)C(C)C)cc1C(F)(F)F. The first-order chi connectivity index (χ1) is 7.77. The standard InChI is InChI=1S/C12H14F3NO/c1-7(2)11(16-17)9-5-4-8(3)10(6-9)12(13,14)15/h4-7,17H,1-3H3/b16-11+. The average Bonchev–Trinajstić information content (AvgIpc) is 2.19. The van der Waals surface area contributed by atoms with Crippen molar-refractivity contribution in [3.63, 3.8) is 0 Å². The van der Waals surface area contributed by atoms with E-state index in [2.05, 4.69) is 5.16 Å². The maximum absolute atomic E-state index is 12.7. The summed E-state index contributed by atoms with van der Waals surface area (Å²) in [4.78, 5) is 0. The Bertz CT molecular complexity index is 436. The van der Waals surface area contributed by atoms with Crippen LogP contribution in [0.25, 0.3) is 0 Å². The third-order valence-electron chi connectivity index (χ3n) is 2.49. The molecule has 0 fully saturated rings. The number of aryl methyl sites for hydroxylation is 1. The zero-order chi connectivity index (χ0) is 13.2. The van der Waals surface area contributed by atoms with Gasteiger partial charge in [-0.25, -0.2) is 0 Å². The molecule has 1 N–H and O–H groups in total. The first kappa shape index (κ1) is 13.5. The molecule has 94 valence electrons. The predicted molar refractivity (Wildman–Crippen MR) is 59.3 cm³/mol. The van der Waals surface area contributed by atoms with Gasteiger partial charge in [0.25, 0.3) is 0 Å². The van der Waals surface area contributed by atoms with E-state index in [1.54, 1.807) is 13.8 Å². The molecule has 0 aliphatic carbocycles. The topological polar surface area (TPSA) is 32.6 Å². The lowest BCUT2D eigenvalue weighted by molar-refractivity contribution is -0.138. The van der Waals surface area contributed by atoms with E-state index in [0.29, 0.717) is 5.56 Å². The maximum atomic E-state index is 12.7. The third kappa shape index (κ3) is 2.99. The van der Waals surface area contributed by atoms with Crippen LogP contribution in [0.1, 0.15) is 30.5 Å². The number of oxime groups is 1. The molecule has 1 aromatic rings. The average molecular weight is 245 g/mol. The van der Waals surface area contributed by atoms with Crippen LogP contribution in [-0.2, 0) is 6.18 Å². The van der Waals surface area contributed by atoms with Gasteiger partial charge < -0.3 is 5.21 Å². The van der Waals surface area contributed by atoms with Gasteiger partial charge >= 0.3 is 6.18 Å². The molecule has 2 nitrogen and oxygen atoms in total. The molecular weight excluding hydrogens is 231 g/mol. The summed E-state index contributed by atoms with van der Waals surface area (Å²) in [5, 5.41) is 11.9. The van der Waals surface area contributed by atoms with E-state index >= 15 is 0 Å². The summed E-state index contributed by atoms with van der Waals surface area (Å²) >= 11 is 0. The lowest BCUT2D eigenvalue weighted by Crippen LogP contribution is -2.13. The molecule has 0 unspecified atom stereocenters. The summed E-state index contributed by atoms with van der Waals surface area (Å²) in [7, 11) is 0. The molecule has 0 saturated carbocycles. The zero-order valence-corrected chi connectivity index (χ0v) is 9.84. The van der Waals surface area contributed by atoms with E-state index < -0.39 is 11.7 Å². The highest BCUT2D eigenvalue weighted by molar-refractivity contribution is 6.01. The Hall–Kier alpha value is -1.52. The number of benzene rings is 1. The van der Waals surface area contributed by atoms with Gasteiger partial charge in [-0.3, -0.25) is 0 Å². The van der Waals surface area contributed by atoms with Crippen LogP contribution in [0.3, 0.4) is 0 Å². The van der Waals surface area contributed by atoms with Gasteiger partial charge in [-0.1, -0.05) is 31.1 Å². The van der Waals surface area contributed by atoms with Crippen LogP contribution in [0.4, 0.5) is 13.2 Å². The minimum atomic E-state index is -4.39. The Labute approximate surface area is 97.8 Å². The molecule has 0 heterocycles. The molecule has 1 aromatic carbocycles. The van der Waals surface area contributed by atoms with E-state index in [9.17, 15) is 13.2 Å². The van der Waals surface area contributed by atoms with Gasteiger partial charge in [0.05, 0.1) is 11.3 Å². The molecule has 0 spiro atoms. The predicted octanol–water partition coefficient (Wildman–Crippen LogP) is 3.85. The van der Waals surface area contributed by atoms with Gasteiger partial charge in [-0.2, -0.15) is 13.2 Å². The van der Waals surface area contributed by atoms with Crippen molar-refractivity contribution in [3.8, 4) is 0 Å². The van der Waals surface area contributed by atoms with Crippen molar-refractivity contribution >= 4 is 5.71 Å². The Morgan fingerprint density at radius 1 is 1.29 bits per heavy atom. The van der Waals surface area contributed by atoms with Crippen LogP contribution in [0.5, 0.6) is 0 Å². The first-order valence-corrected chi connectivity index (χ1v) is 5.17. The van der Waals surface area contributed by atoms with Crippen LogP contribution in [0, 0.1) is 12.8 Å². The second kappa shape index (κ2) is 4.77. The normalized spacial score (nSPS) is 13.2. The fraction of sp³-hybridized carbons (Fsp3) is 0.417. The number of alkyl halides is 3. The molecule has 0 aliphatic rings. The number of rotatable bonds is 2. The number of nitrogens with zero attached hydrogens (tertiary/aromatic N) is 1. The molecule has 0 saturated heterocycles. The summed E-state index contributed by atoms with van der Waals surface area (Å²) < 4.78 is 38.1. The molecule has 0 aliphatic heterocycles. The highest BCUT2D eigenvalue weighted by Crippen LogP contribution is 2.32. The minimum absolute atomic E-state index is 0.149. The zero-order valence-electron chi connectivity index (χ0n) is 9.84. The van der Waals surface area contributed by atoms with Crippen molar-refractivity contribution in [1.29, 1.82) is 0 Å². The Morgan fingerprint density at radius 3 is 2.29 bits per heavy atom. The van der Waals surface area contributed by atoms with Crippen molar-refractivity contribution in [3.05, 3.63) is 34.9 Å². The second-order valence-electron chi connectivity index (χ2n) is 4.17. The van der Waals surface area contributed by atoms with E-state index in [1.807, 2.05) is 0 Å². The summed E-state index contributed by atoms with van der Waals surface area (Å²) in [5.41, 5.74) is -0.00461. The maximum Gasteiger partial charge on any atom is 0.416 e. The van der Waals surface area contributed by atoms with E-state index in [4.69, 9.17) is 5.21 Å². The molecule has 0 atom stereocenters. The van der Waals surface area contributed by atoms with Gasteiger partial charge in [-0.15, -0.1) is 0 Å². The van der Waals surface area contributed by atoms with Crippen LogP contribution >= 0.6 is 0 Å². The van der Waals surface area contributed by atoms with Crippen molar-refractivity contribution in [1.82, 2.24) is 0 Å². The largest absolute Gasteiger partial charge is 0.416 e. The Balaban J connectivity index is 3.31. The van der Waals surface area contributed by atoms with Crippen molar-refractivity contribution < 1.29 is 18.4 Å². The lowest BCUT2D eigenvalue weighted by Gasteiger charge is -2.14. The van der Waals surface area contributed by atoms with Gasteiger partial charge in [0.15, 0.2) is 0 Å². The van der Waals surface area contributed by atoms with Crippen molar-refractivity contribution in [2.24, 2.45) is 11.1 Å². The monoisotopic (exact) mass is 245 g/mol. The lowest BCUT2D eigenvalue weighted by atomic mass is 9.96. The van der Waals surface area contributed by atoms with E-state index in [0.717, 1.165) is 6.07 Å². The van der Waals surface area contributed by atoms with Gasteiger partial charge in [0, 0.05) is 5.56 Å². The fourth-order valence-electron chi connectivity index (χ4n) is 1.59. The first-order valence-electron chi connectivity index (χ1n) is 5.17. The molecule has 0 amide bonds. The number of hydrogen-bond donors (Lipinski definition) is 1. The third-order valence-corrected chi connectivity index (χ3v) is 2.49. The van der Waals surface area contributed by atoms with Gasteiger partial charge in [-0.05, 0) is 24.5 Å². The van der Waals surface area contributed by atoms with Gasteiger partial charge in [0.1, 0.15) is 0 Å². The molecule has 0 bridgehead atoms. The smallest absolute Gasteiger partial charge is 0.411 e. The van der Waals surface area contributed by atoms with Crippen molar-refractivity contribution in [2.45, 2.75) is 26.9 Å². The van der Waals surface area contributed by atoms with Crippen molar-refractivity contribution in [2.75, 3.05) is 0 Å². The molecule has 17 heavy (non-hydrogen) atoms. The van der Waals surface area contributed by atoms with Crippen LogP contribution in [-0.4, -0.2) is 10.9 Å². The van der Waals surface area contributed by atoms with Crippen LogP contribution < -0.4 is 0 Å². The second-order valence-corrected chi connectivity index (χ2v) is 4.17. The molecule has 1 rings (SSSR count). The van der Waals surface area contributed by atoms with E-state index in [1.165, 1.54) is 19.1 Å². The summed E-state index contributed by atoms with van der Waals surface area (Å²) in [6.45, 7) is 4.90. The highest BCUT2D eigenvalue weighted by Gasteiger charge is 2.32. The Kier molecular flexibility index (Phi) is 3.80. The summed E-state index contributed by atoms with van der Waals surface area (Å²) in [5.74, 6) is -0.149. The van der Waals surface area contributed by atoms with E-state index in [-0.39, 0.29) is 17.2 Å². The summed E-state index contributed by atoms with van der Waals surface area (Å²) in [6, 6.07) is 3.93. The quantitative estimate of drug-likeness (QED) is 0.479. The number of halogens is 3. The molecular formula is C12H14F3NO. The van der Waals surface area contributed by atoms with Gasteiger partial charge in [0.2, 0.25) is 0 Å². The minimum Gasteiger partial charge on any atom is -0.411 e. The molecule has 0 aromatic heterocycles. The highest BCUT2D eigenvalue weighted by atomic mass is 19.4. The Morgan fingerprint density at radius 2 is 1.88 bits per heavy atom. The van der Waals surface area contributed by atoms with Crippen LogP contribution in [0.2, 0.25) is 0 Å². The fourth-order valence-corrected chi connectivity index (χ4v) is 1.59. The summed E-state index contributed by atoms with van der Waals surface area (Å²) in [6.07, 6.45) is -4.39. The molecule has 0 radical (unpaired) electrons. The number of hydrogen-bond acceptors (Lipinski definition) is 2. The van der Waals surface area contributed by atoms with Crippen LogP contribution in [0.15, 0.2) is 23.4 Å².